The molecule has 5 heteroatoms. The molecule has 0 aliphatic carbocycles. The van der Waals surface area contributed by atoms with Crippen LogP contribution < -0.4 is 0 Å². The van der Waals surface area contributed by atoms with Gasteiger partial charge in [0.15, 0.2) is 0 Å². The molecule has 1 aromatic rings. The summed E-state index contributed by atoms with van der Waals surface area (Å²) < 4.78 is 35.4. The Bertz CT molecular complexity index is 260. The lowest BCUT2D eigenvalue weighted by Gasteiger charge is -2.12. The van der Waals surface area contributed by atoms with Crippen LogP contribution in [0.1, 0.15) is 18.1 Å². The Hall–Kier alpha value is -1.10. The van der Waals surface area contributed by atoms with Gasteiger partial charge in [0.25, 0.3) is 0 Å². The van der Waals surface area contributed by atoms with Gasteiger partial charge in [0.2, 0.25) is 0 Å². The first-order chi connectivity index (χ1) is 5.99. The standard InChI is InChI=1S/C8H8F3NO/c9-8(10,11)5-7(13)6-1-3-12-4-2-6/h1-4,7,13H,5H2. The van der Waals surface area contributed by atoms with Crippen LogP contribution in [0.4, 0.5) is 13.2 Å². The maximum Gasteiger partial charge on any atom is 0.391 e. The Morgan fingerprint density at radius 2 is 1.85 bits per heavy atom. The molecule has 0 amide bonds. The minimum atomic E-state index is -4.34. The highest BCUT2D eigenvalue weighted by molar-refractivity contribution is 5.12. The molecule has 72 valence electrons. The molecule has 0 saturated heterocycles. The molecule has 13 heavy (non-hydrogen) atoms. The second-order valence-electron chi connectivity index (χ2n) is 2.62. The second-order valence-corrected chi connectivity index (χ2v) is 2.62. The van der Waals surface area contributed by atoms with Gasteiger partial charge in [-0.3, -0.25) is 4.98 Å². The molecule has 0 radical (unpaired) electrons. The number of halogens is 3. The normalized spacial score (nSPS) is 14.2. The van der Waals surface area contributed by atoms with Gasteiger partial charge in [-0.25, -0.2) is 0 Å². The van der Waals surface area contributed by atoms with E-state index in [1.807, 2.05) is 0 Å². The molecule has 1 heterocycles. The minimum absolute atomic E-state index is 0.229. The van der Waals surface area contributed by atoms with E-state index in [2.05, 4.69) is 4.98 Å². The number of aliphatic hydroxyl groups is 1. The van der Waals surface area contributed by atoms with Gasteiger partial charge in [0.1, 0.15) is 0 Å². The van der Waals surface area contributed by atoms with E-state index in [0.717, 1.165) is 0 Å². The van der Waals surface area contributed by atoms with Crippen molar-refractivity contribution in [3.05, 3.63) is 30.1 Å². The smallest absolute Gasteiger partial charge is 0.388 e. The first kappa shape index (κ1) is 9.98. The molecule has 1 unspecified atom stereocenters. The van der Waals surface area contributed by atoms with E-state index in [9.17, 15) is 13.2 Å². The summed E-state index contributed by atoms with van der Waals surface area (Å²) in [7, 11) is 0. The average molecular weight is 191 g/mol. The largest absolute Gasteiger partial charge is 0.391 e. The van der Waals surface area contributed by atoms with Crippen LogP contribution in [0.25, 0.3) is 0 Å². The van der Waals surface area contributed by atoms with Gasteiger partial charge in [-0.2, -0.15) is 13.2 Å². The Morgan fingerprint density at radius 1 is 1.31 bits per heavy atom. The predicted molar refractivity (Wildman–Crippen MR) is 39.9 cm³/mol. The third-order valence-electron chi connectivity index (χ3n) is 1.52. The molecule has 1 atom stereocenters. The maximum atomic E-state index is 11.8. The molecule has 0 saturated carbocycles. The van der Waals surface area contributed by atoms with Crippen molar-refractivity contribution < 1.29 is 18.3 Å². The zero-order chi connectivity index (χ0) is 9.90. The van der Waals surface area contributed by atoms with Crippen LogP contribution in [0, 0.1) is 0 Å². The average Bonchev–Trinajstić information content (AvgIpc) is 2.03. The number of alkyl halides is 3. The minimum Gasteiger partial charge on any atom is -0.388 e. The Balaban J connectivity index is 2.64. The summed E-state index contributed by atoms with van der Waals surface area (Å²) in [5.41, 5.74) is 0.229. The fraction of sp³-hybridized carbons (Fsp3) is 0.375. The monoisotopic (exact) mass is 191 g/mol. The van der Waals surface area contributed by atoms with E-state index < -0.39 is 18.7 Å². The Labute approximate surface area is 73.0 Å². The summed E-state index contributed by atoms with van der Waals surface area (Å²) in [6.07, 6.45) is -4.38. The number of rotatable bonds is 2. The molecule has 0 aromatic carbocycles. The third-order valence-corrected chi connectivity index (χ3v) is 1.52. The summed E-state index contributed by atoms with van der Waals surface area (Å²) in [6, 6.07) is 2.72. The lowest BCUT2D eigenvalue weighted by atomic mass is 10.1. The zero-order valence-electron chi connectivity index (χ0n) is 6.62. The number of pyridine rings is 1. The van der Waals surface area contributed by atoms with E-state index in [4.69, 9.17) is 5.11 Å². The van der Waals surface area contributed by atoms with Crippen molar-refractivity contribution in [2.75, 3.05) is 0 Å². The summed E-state index contributed by atoms with van der Waals surface area (Å²) in [5.74, 6) is 0. The van der Waals surface area contributed by atoms with Crippen LogP contribution in [-0.4, -0.2) is 16.3 Å². The number of hydrogen-bond donors (Lipinski definition) is 1. The summed E-state index contributed by atoms with van der Waals surface area (Å²) in [4.78, 5) is 3.63. The Kier molecular flexibility index (Phi) is 2.87. The first-order valence-corrected chi connectivity index (χ1v) is 3.64. The quantitative estimate of drug-likeness (QED) is 0.776. The van der Waals surface area contributed by atoms with Crippen LogP contribution in [0.15, 0.2) is 24.5 Å². The van der Waals surface area contributed by atoms with E-state index in [1.54, 1.807) is 0 Å². The van der Waals surface area contributed by atoms with E-state index in [1.165, 1.54) is 24.5 Å². The SMILES string of the molecule is OC(CC(F)(F)F)c1ccncc1. The lowest BCUT2D eigenvalue weighted by Crippen LogP contribution is -2.13. The van der Waals surface area contributed by atoms with Gasteiger partial charge in [-0.05, 0) is 17.7 Å². The number of aromatic nitrogens is 1. The van der Waals surface area contributed by atoms with Crippen molar-refractivity contribution in [1.82, 2.24) is 4.98 Å². The van der Waals surface area contributed by atoms with Crippen LogP contribution >= 0.6 is 0 Å². The van der Waals surface area contributed by atoms with Gasteiger partial charge >= 0.3 is 6.18 Å². The number of aliphatic hydroxyl groups excluding tert-OH is 1. The first-order valence-electron chi connectivity index (χ1n) is 3.64. The lowest BCUT2D eigenvalue weighted by molar-refractivity contribution is -0.154. The number of hydrogen-bond acceptors (Lipinski definition) is 2. The van der Waals surface area contributed by atoms with Crippen LogP contribution in [0.2, 0.25) is 0 Å². The Morgan fingerprint density at radius 3 is 2.31 bits per heavy atom. The third kappa shape index (κ3) is 3.42. The topological polar surface area (TPSA) is 33.1 Å². The van der Waals surface area contributed by atoms with Crippen molar-refractivity contribution in [1.29, 1.82) is 0 Å². The van der Waals surface area contributed by atoms with Crippen LogP contribution in [0.5, 0.6) is 0 Å². The van der Waals surface area contributed by atoms with Gasteiger partial charge in [0, 0.05) is 12.4 Å². The molecular weight excluding hydrogens is 183 g/mol. The molecule has 1 rings (SSSR count). The van der Waals surface area contributed by atoms with Crippen molar-refractivity contribution in [3.63, 3.8) is 0 Å². The molecular formula is C8H8F3NO. The highest BCUT2D eigenvalue weighted by Crippen LogP contribution is 2.28. The molecule has 0 bridgehead atoms. The molecule has 0 aliphatic rings. The molecule has 2 nitrogen and oxygen atoms in total. The van der Waals surface area contributed by atoms with Crippen LogP contribution in [-0.2, 0) is 0 Å². The molecule has 1 N–H and O–H groups in total. The van der Waals surface area contributed by atoms with Gasteiger partial charge < -0.3 is 5.11 Å². The highest BCUT2D eigenvalue weighted by atomic mass is 19.4. The van der Waals surface area contributed by atoms with Crippen molar-refractivity contribution >= 4 is 0 Å². The fourth-order valence-electron chi connectivity index (χ4n) is 0.923. The summed E-state index contributed by atoms with van der Waals surface area (Å²) in [6.45, 7) is 0. The molecule has 0 spiro atoms. The van der Waals surface area contributed by atoms with Crippen molar-refractivity contribution in [2.45, 2.75) is 18.7 Å². The molecule has 0 fully saturated rings. The predicted octanol–water partition coefficient (Wildman–Crippen LogP) is 2.07. The zero-order valence-corrected chi connectivity index (χ0v) is 6.62. The molecule has 0 aliphatic heterocycles. The second kappa shape index (κ2) is 3.74. The van der Waals surface area contributed by atoms with Crippen LogP contribution in [0.3, 0.4) is 0 Å². The van der Waals surface area contributed by atoms with E-state index in [-0.39, 0.29) is 5.56 Å². The number of nitrogens with zero attached hydrogens (tertiary/aromatic N) is 1. The summed E-state index contributed by atoms with van der Waals surface area (Å²) in [5, 5.41) is 9.11. The molecule has 1 aromatic heterocycles. The highest BCUT2D eigenvalue weighted by Gasteiger charge is 2.31. The van der Waals surface area contributed by atoms with Gasteiger partial charge in [-0.15, -0.1) is 0 Å². The van der Waals surface area contributed by atoms with Crippen molar-refractivity contribution in [3.8, 4) is 0 Å². The van der Waals surface area contributed by atoms with E-state index in [0.29, 0.717) is 0 Å². The fourth-order valence-corrected chi connectivity index (χ4v) is 0.923. The van der Waals surface area contributed by atoms with E-state index >= 15 is 0 Å². The summed E-state index contributed by atoms with van der Waals surface area (Å²) >= 11 is 0. The van der Waals surface area contributed by atoms with Gasteiger partial charge in [0.05, 0.1) is 12.5 Å². The van der Waals surface area contributed by atoms with Crippen molar-refractivity contribution in [2.24, 2.45) is 0 Å². The van der Waals surface area contributed by atoms with Gasteiger partial charge in [-0.1, -0.05) is 0 Å². The maximum absolute atomic E-state index is 11.8.